The molecule has 3 rings (SSSR count). The lowest BCUT2D eigenvalue weighted by molar-refractivity contribution is 0.102. The first-order chi connectivity index (χ1) is 12.1. The monoisotopic (exact) mass is 332 g/mol. The number of ether oxygens (including phenoxy) is 1. The number of amides is 1. The van der Waals surface area contributed by atoms with Crippen LogP contribution in [0.1, 0.15) is 21.7 Å². The number of aromatic nitrogens is 2. The number of nitrogens with zero attached hydrogens (tertiary/aromatic N) is 3. The predicted molar refractivity (Wildman–Crippen MR) is 94.0 cm³/mol. The van der Waals surface area contributed by atoms with Gasteiger partial charge in [-0.1, -0.05) is 6.07 Å². The molecule has 0 spiro atoms. The molecule has 2 aromatic carbocycles. The van der Waals surface area contributed by atoms with E-state index in [2.05, 4.69) is 10.4 Å². The summed E-state index contributed by atoms with van der Waals surface area (Å²) in [4.78, 5) is 12.4. The van der Waals surface area contributed by atoms with E-state index < -0.39 is 0 Å². The molecule has 0 bridgehead atoms. The van der Waals surface area contributed by atoms with Gasteiger partial charge in [-0.15, -0.1) is 0 Å². The van der Waals surface area contributed by atoms with E-state index >= 15 is 0 Å². The predicted octanol–water partition coefficient (Wildman–Crippen LogP) is 3.31. The van der Waals surface area contributed by atoms with Crippen LogP contribution in [0.5, 0.6) is 5.75 Å². The van der Waals surface area contributed by atoms with Gasteiger partial charge in [0.1, 0.15) is 5.75 Å². The molecular weight excluding hydrogens is 316 g/mol. The zero-order valence-electron chi connectivity index (χ0n) is 13.9. The normalized spacial score (nSPS) is 10.1. The van der Waals surface area contributed by atoms with E-state index in [-0.39, 0.29) is 5.91 Å². The van der Waals surface area contributed by atoms with Crippen molar-refractivity contribution in [2.24, 2.45) is 0 Å². The number of nitrogens with one attached hydrogen (secondary N) is 1. The molecule has 0 aliphatic carbocycles. The summed E-state index contributed by atoms with van der Waals surface area (Å²) in [6.07, 6.45) is 0. The highest BCUT2D eigenvalue weighted by atomic mass is 16.5. The van der Waals surface area contributed by atoms with Crippen molar-refractivity contribution < 1.29 is 9.53 Å². The minimum Gasteiger partial charge on any atom is -0.497 e. The Kier molecular flexibility index (Phi) is 4.48. The highest BCUT2D eigenvalue weighted by Crippen LogP contribution is 2.19. The third-order valence-electron chi connectivity index (χ3n) is 3.69. The standard InChI is InChI=1S/C19H16N4O2/c1-13-10-18(19(24)21-15-8-6-14(12-20)7-9-15)22-23(13)16-4-3-5-17(11-16)25-2/h3-11H,1-2H3,(H,21,24). The summed E-state index contributed by atoms with van der Waals surface area (Å²) in [6.45, 7) is 1.88. The molecule has 124 valence electrons. The average Bonchev–Trinajstić information content (AvgIpc) is 3.04. The lowest BCUT2D eigenvalue weighted by atomic mass is 10.2. The zero-order chi connectivity index (χ0) is 17.8. The maximum Gasteiger partial charge on any atom is 0.276 e. The molecule has 1 N–H and O–H groups in total. The van der Waals surface area contributed by atoms with Crippen molar-refractivity contribution in [3.8, 4) is 17.5 Å². The van der Waals surface area contributed by atoms with Crippen molar-refractivity contribution >= 4 is 11.6 Å². The van der Waals surface area contributed by atoms with Gasteiger partial charge in [0, 0.05) is 17.4 Å². The molecule has 0 aliphatic heterocycles. The summed E-state index contributed by atoms with van der Waals surface area (Å²) >= 11 is 0. The van der Waals surface area contributed by atoms with Crippen LogP contribution in [-0.2, 0) is 0 Å². The second kappa shape index (κ2) is 6.89. The summed E-state index contributed by atoms with van der Waals surface area (Å²) in [7, 11) is 1.60. The number of carbonyl (C=O) groups excluding carboxylic acids is 1. The lowest BCUT2D eigenvalue weighted by Gasteiger charge is -2.06. The van der Waals surface area contributed by atoms with E-state index in [0.29, 0.717) is 16.9 Å². The van der Waals surface area contributed by atoms with Crippen molar-refractivity contribution in [1.29, 1.82) is 5.26 Å². The van der Waals surface area contributed by atoms with Crippen LogP contribution in [-0.4, -0.2) is 22.8 Å². The maximum absolute atomic E-state index is 12.4. The highest BCUT2D eigenvalue weighted by Gasteiger charge is 2.14. The molecular formula is C19H16N4O2. The zero-order valence-corrected chi connectivity index (χ0v) is 13.9. The average molecular weight is 332 g/mol. The Hall–Kier alpha value is -3.59. The Morgan fingerprint density at radius 1 is 1.20 bits per heavy atom. The third-order valence-corrected chi connectivity index (χ3v) is 3.69. The number of benzene rings is 2. The molecule has 0 saturated heterocycles. The van der Waals surface area contributed by atoms with Crippen LogP contribution in [0.3, 0.4) is 0 Å². The van der Waals surface area contributed by atoms with Crippen LogP contribution in [0, 0.1) is 18.3 Å². The molecule has 1 amide bonds. The van der Waals surface area contributed by atoms with Crippen molar-refractivity contribution in [3.05, 3.63) is 71.5 Å². The number of hydrogen-bond acceptors (Lipinski definition) is 4. The molecule has 6 nitrogen and oxygen atoms in total. The maximum atomic E-state index is 12.4. The number of hydrogen-bond donors (Lipinski definition) is 1. The van der Waals surface area contributed by atoms with Crippen LogP contribution in [0.4, 0.5) is 5.69 Å². The molecule has 1 aromatic heterocycles. The van der Waals surface area contributed by atoms with Gasteiger partial charge in [-0.2, -0.15) is 10.4 Å². The van der Waals surface area contributed by atoms with Crippen LogP contribution >= 0.6 is 0 Å². The Morgan fingerprint density at radius 2 is 1.96 bits per heavy atom. The Balaban J connectivity index is 1.83. The fraction of sp³-hybridized carbons (Fsp3) is 0.105. The molecule has 3 aromatic rings. The number of rotatable bonds is 4. The summed E-state index contributed by atoms with van der Waals surface area (Å²) in [5, 5.41) is 16.0. The number of carbonyl (C=O) groups is 1. The first-order valence-electron chi connectivity index (χ1n) is 7.63. The summed E-state index contributed by atoms with van der Waals surface area (Å²) in [5.74, 6) is 0.408. The summed E-state index contributed by atoms with van der Waals surface area (Å²) < 4.78 is 6.92. The quantitative estimate of drug-likeness (QED) is 0.795. The molecule has 0 unspecified atom stereocenters. The highest BCUT2D eigenvalue weighted by molar-refractivity contribution is 6.03. The van der Waals surface area contributed by atoms with Gasteiger partial charge < -0.3 is 10.1 Å². The number of methoxy groups -OCH3 is 1. The first-order valence-corrected chi connectivity index (χ1v) is 7.63. The molecule has 0 fully saturated rings. The van der Waals surface area contributed by atoms with E-state index in [9.17, 15) is 4.79 Å². The second-order valence-corrected chi connectivity index (χ2v) is 5.43. The topological polar surface area (TPSA) is 79.9 Å². The van der Waals surface area contributed by atoms with Gasteiger partial charge in [0.25, 0.3) is 5.91 Å². The van der Waals surface area contributed by atoms with Crippen molar-refractivity contribution in [2.75, 3.05) is 12.4 Å². The smallest absolute Gasteiger partial charge is 0.276 e. The molecule has 1 heterocycles. The van der Waals surface area contributed by atoms with Crippen LogP contribution in [0.2, 0.25) is 0 Å². The van der Waals surface area contributed by atoms with E-state index in [4.69, 9.17) is 10.00 Å². The summed E-state index contributed by atoms with van der Waals surface area (Å²) in [5.41, 5.74) is 3.10. The van der Waals surface area contributed by atoms with E-state index in [1.807, 2.05) is 37.3 Å². The molecule has 25 heavy (non-hydrogen) atoms. The first kappa shape index (κ1) is 16.3. The Morgan fingerprint density at radius 3 is 2.64 bits per heavy atom. The fourth-order valence-electron chi connectivity index (χ4n) is 2.41. The van der Waals surface area contributed by atoms with Crippen molar-refractivity contribution in [3.63, 3.8) is 0 Å². The number of aryl methyl sites for hydroxylation is 1. The molecule has 0 atom stereocenters. The molecule has 0 saturated carbocycles. The van der Waals surface area contributed by atoms with Gasteiger partial charge in [-0.05, 0) is 49.4 Å². The number of nitriles is 1. The number of anilines is 1. The molecule has 0 aliphatic rings. The SMILES string of the molecule is COc1cccc(-n2nc(C(=O)Nc3ccc(C#N)cc3)cc2C)c1. The van der Waals surface area contributed by atoms with Gasteiger partial charge in [0.15, 0.2) is 5.69 Å². The largest absolute Gasteiger partial charge is 0.497 e. The molecule has 6 heteroatoms. The van der Waals surface area contributed by atoms with Gasteiger partial charge >= 0.3 is 0 Å². The van der Waals surface area contributed by atoms with E-state index in [1.54, 1.807) is 42.1 Å². The van der Waals surface area contributed by atoms with Crippen LogP contribution in [0.25, 0.3) is 5.69 Å². The van der Waals surface area contributed by atoms with Crippen molar-refractivity contribution in [1.82, 2.24) is 9.78 Å². The Bertz CT molecular complexity index is 952. The van der Waals surface area contributed by atoms with Gasteiger partial charge in [0.2, 0.25) is 0 Å². The lowest BCUT2D eigenvalue weighted by Crippen LogP contribution is -2.13. The van der Waals surface area contributed by atoms with Gasteiger partial charge in [-0.25, -0.2) is 4.68 Å². The fourth-order valence-corrected chi connectivity index (χ4v) is 2.41. The third kappa shape index (κ3) is 3.51. The van der Waals surface area contributed by atoms with Crippen molar-refractivity contribution in [2.45, 2.75) is 6.92 Å². The summed E-state index contributed by atoms with van der Waals surface area (Å²) in [6, 6.07) is 17.9. The molecule has 0 radical (unpaired) electrons. The minimum atomic E-state index is -0.311. The van der Waals surface area contributed by atoms with Gasteiger partial charge in [0.05, 0.1) is 24.4 Å². The van der Waals surface area contributed by atoms with E-state index in [0.717, 1.165) is 17.1 Å². The van der Waals surface area contributed by atoms with Crippen LogP contribution in [0.15, 0.2) is 54.6 Å². The van der Waals surface area contributed by atoms with E-state index in [1.165, 1.54) is 0 Å². The Labute approximate surface area is 145 Å². The van der Waals surface area contributed by atoms with Gasteiger partial charge in [-0.3, -0.25) is 4.79 Å². The second-order valence-electron chi connectivity index (χ2n) is 5.43. The minimum absolute atomic E-state index is 0.310. The van der Waals surface area contributed by atoms with Crippen LogP contribution < -0.4 is 10.1 Å².